The number of cyclic esters (lactones) is 1. The summed E-state index contributed by atoms with van der Waals surface area (Å²) in [6, 6.07) is 0. The van der Waals surface area contributed by atoms with Crippen LogP contribution in [0.2, 0.25) is 0 Å². The van der Waals surface area contributed by atoms with Gasteiger partial charge in [0.15, 0.2) is 0 Å². The molecule has 2 fully saturated rings. The Bertz CT molecular complexity index is 714. The van der Waals surface area contributed by atoms with Crippen molar-refractivity contribution in [2.45, 2.75) is 78.2 Å². The zero-order valence-electron chi connectivity index (χ0n) is 18.0. The maximum atomic E-state index is 12.2. The average Bonchev–Trinajstić information content (AvgIpc) is 3.16. The van der Waals surface area contributed by atoms with E-state index in [1.165, 1.54) is 32.1 Å². The van der Waals surface area contributed by atoms with Crippen LogP contribution in [0.1, 0.15) is 72.6 Å². The summed E-state index contributed by atoms with van der Waals surface area (Å²) < 4.78 is 15.4. The van der Waals surface area contributed by atoms with Crippen LogP contribution >= 0.6 is 15.9 Å². The van der Waals surface area contributed by atoms with Crippen molar-refractivity contribution in [1.29, 1.82) is 0 Å². The van der Waals surface area contributed by atoms with E-state index in [-0.39, 0.29) is 6.61 Å². The molecule has 5 atom stereocenters. The van der Waals surface area contributed by atoms with Gasteiger partial charge in [-0.15, -0.1) is 0 Å². The van der Waals surface area contributed by atoms with Crippen LogP contribution in [0.4, 0.5) is 4.79 Å². The molecule has 2 saturated carbocycles. The molecule has 5 nitrogen and oxygen atoms in total. The Hall–Kier alpha value is -1.30. The lowest BCUT2D eigenvalue weighted by atomic mass is 9.61. The molecule has 3 aliphatic rings. The summed E-state index contributed by atoms with van der Waals surface area (Å²) in [4.78, 5) is 26.0. The van der Waals surface area contributed by atoms with Gasteiger partial charge in [0.2, 0.25) is 5.60 Å². The minimum atomic E-state index is -1.39. The highest BCUT2D eigenvalue weighted by Crippen LogP contribution is 2.60. The van der Waals surface area contributed by atoms with E-state index in [1.807, 2.05) is 0 Å². The highest BCUT2D eigenvalue weighted by molar-refractivity contribution is 9.11. The van der Waals surface area contributed by atoms with Crippen LogP contribution in [0, 0.1) is 23.2 Å². The fourth-order valence-electron chi connectivity index (χ4n) is 5.85. The van der Waals surface area contributed by atoms with Crippen molar-refractivity contribution in [3.63, 3.8) is 0 Å². The molecule has 29 heavy (non-hydrogen) atoms. The van der Waals surface area contributed by atoms with Crippen molar-refractivity contribution in [3.8, 4) is 0 Å². The van der Waals surface area contributed by atoms with Crippen molar-refractivity contribution in [2.75, 3.05) is 6.61 Å². The van der Waals surface area contributed by atoms with Crippen molar-refractivity contribution >= 4 is 28.1 Å². The normalized spacial score (nSPS) is 36.4. The third-order valence-corrected chi connectivity index (χ3v) is 7.92. The largest absolute Gasteiger partial charge is 0.509 e. The summed E-state index contributed by atoms with van der Waals surface area (Å²) in [5.74, 6) is 1.94. The number of ether oxygens (including phenoxy) is 3. The summed E-state index contributed by atoms with van der Waals surface area (Å²) in [5, 5.41) is 0. The summed E-state index contributed by atoms with van der Waals surface area (Å²) in [5.41, 5.74) is 0.543. The van der Waals surface area contributed by atoms with E-state index in [1.54, 1.807) is 25.5 Å². The van der Waals surface area contributed by atoms with Crippen molar-refractivity contribution in [2.24, 2.45) is 23.2 Å². The molecule has 0 N–H and O–H groups in total. The van der Waals surface area contributed by atoms with E-state index in [2.05, 4.69) is 34.8 Å². The molecule has 2 aliphatic carbocycles. The molecule has 0 aromatic carbocycles. The summed E-state index contributed by atoms with van der Waals surface area (Å²) in [6.45, 7) is 8.24. The Morgan fingerprint density at radius 1 is 1.41 bits per heavy atom. The molecule has 0 aromatic rings. The lowest BCUT2D eigenvalue weighted by molar-refractivity contribution is -0.152. The van der Waals surface area contributed by atoms with Crippen LogP contribution in [-0.4, -0.2) is 24.3 Å². The number of halogens is 1. The van der Waals surface area contributed by atoms with Gasteiger partial charge in [-0.05, 0) is 80.5 Å². The highest BCUT2D eigenvalue weighted by atomic mass is 79.9. The topological polar surface area (TPSA) is 61.8 Å². The average molecular weight is 469 g/mol. The monoisotopic (exact) mass is 468 g/mol. The minimum Gasteiger partial charge on any atom is -0.435 e. The second kappa shape index (κ2) is 8.83. The quantitative estimate of drug-likeness (QED) is 0.429. The molecule has 0 saturated heterocycles. The van der Waals surface area contributed by atoms with E-state index in [4.69, 9.17) is 14.2 Å². The lowest BCUT2D eigenvalue weighted by Gasteiger charge is -2.44. The fourth-order valence-corrected chi connectivity index (χ4v) is 6.40. The van der Waals surface area contributed by atoms with Crippen LogP contribution in [0.5, 0.6) is 0 Å². The van der Waals surface area contributed by atoms with Gasteiger partial charge in [-0.3, -0.25) is 0 Å². The lowest BCUT2D eigenvalue weighted by Crippen LogP contribution is -2.36. The van der Waals surface area contributed by atoms with E-state index < -0.39 is 17.7 Å². The zero-order valence-corrected chi connectivity index (χ0v) is 19.5. The molecule has 1 unspecified atom stereocenters. The molecule has 6 heteroatoms. The number of fused-ring (bicyclic) bond motifs is 1. The van der Waals surface area contributed by atoms with E-state index in [0.29, 0.717) is 35.3 Å². The molecule has 1 heterocycles. The van der Waals surface area contributed by atoms with Crippen LogP contribution in [-0.2, 0) is 19.0 Å². The molecule has 1 aliphatic heterocycles. The van der Waals surface area contributed by atoms with Gasteiger partial charge in [0.25, 0.3) is 0 Å². The number of hydrogen-bond donors (Lipinski definition) is 0. The third kappa shape index (κ3) is 4.42. The predicted molar refractivity (Wildman–Crippen MR) is 114 cm³/mol. The van der Waals surface area contributed by atoms with Gasteiger partial charge in [-0.25, -0.2) is 9.59 Å². The van der Waals surface area contributed by atoms with Crippen molar-refractivity contribution in [1.82, 2.24) is 0 Å². The summed E-state index contributed by atoms with van der Waals surface area (Å²) in [7, 11) is 0. The molecule has 0 bridgehead atoms. The summed E-state index contributed by atoms with van der Waals surface area (Å²) in [6.07, 6.45) is 8.71. The maximum Gasteiger partial charge on any atom is 0.509 e. The molecule has 0 radical (unpaired) electrons. The first-order chi connectivity index (χ1) is 13.7. The van der Waals surface area contributed by atoms with Gasteiger partial charge < -0.3 is 14.2 Å². The molecule has 0 amide bonds. The molecule has 162 valence electrons. The number of carbonyl (C=O) groups excluding carboxylic acids is 2. The van der Waals surface area contributed by atoms with Crippen LogP contribution < -0.4 is 0 Å². The Kier molecular flexibility index (Phi) is 6.81. The smallest absolute Gasteiger partial charge is 0.435 e. The molecular formula is C23H33BrO5. The third-order valence-electron chi connectivity index (χ3n) is 7.33. The summed E-state index contributed by atoms with van der Waals surface area (Å²) >= 11 is 3.58. The Balaban J connectivity index is 1.61. The predicted octanol–water partition coefficient (Wildman–Crippen LogP) is 6.27. The molecular weight excluding hydrogens is 436 g/mol. The van der Waals surface area contributed by atoms with Crippen molar-refractivity contribution in [3.05, 3.63) is 22.4 Å². The van der Waals surface area contributed by atoms with Gasteiger partial charge in [0.1, 0.15) is 5.76 Å². The number of allylic oxidation sites excluding steroid dienone is 2. The van der Waals surface area contributed by atoms with Gasteiger partial charge in [0.05, 0.1) is 6.61 Å². The van der Waals surface area contributed by atoms with E-state index in [9.17, 15) is 9.59 Å². The Morgan fingerprint density at radius 3 is 2.86 bits per heavy atom. The number of carbonyl (C=O) groups is 2. The maximum absolute atomic E-state index is 12.2. The Labute approximate surface area is 182 Å². The first-order valence-electron chi connectivity index (χ1n) is 10.8. The zero-order chi connectivity index (χ0) is 21.2. The van der Waals surface area contributed by atoms with Gasteiger partial charge >= 0.3 is 12.1 Å². The first-order valence-corrected chi connectivity index (χ1v) is 11.7. The SMILES string of the molecule is CCOC(=O)O[C@@]1(C)C=C(CC[C@@H](C)[C@H]2CCC3C(=CBr)CCC[C@]32C)OC1=O. The first kappa shape index (κ1) is 22.4. The fraction of sp³-hybridized carbons (Fsp3) is 0.739. The van der Waals surface area contributed by atoms with E-state index in [0.717, 1.165) is 6.42 Å². The van der Waals surface area contributed by atoms with Crippen LogP contribution in [0.3, 0.4) is 0 Å². The number of rotatable bonds is 6. The van der Waals surface area contributed by atoms with Crippen LogP contribution in [0.25, 0.3) is 0 Å². The van der Waals surface area contributed by atoms with Gasteiger partial charge in [-0.1, -0.05) is 35.4 Å². The minimum absolute atomic E-state index is 0.200. The van der Waals surface area contributed by atoms with Crippen LogP contribution in [0.15, 0.2) is 22.4 Å². The van der Waals surface area contributed by atoms with Gasteiger partial charge in [-0.2, -0.15) is 0 Å². The van der Waals surface area contributed by atoms with Crippen molar-refractivity contribution < 1.29 is 23.8 Å². The highest BCUT2D eigenvalue weighted by Gasteiger charge is 2.51. The molecule has 0 aromatic heterocycles. The Morgan fingerprint density at radius 2 is 2.17 bits per heavy atom. The second-order valence-electron chi connectivity index (χ2n) is 9.19. The van der Waals surface area contributed by atoms with E-state index >= 15 is 0 Å². The standard InChI is InChI=1S/C23H33BrO5/c1-5-27-21(26)29-23(4)13-17(28-20(23)25)9-8-15(2)18-10-11-19-16(14-24)7-6-12-22(18,19)3/h13-15,18-19H,5-12H2,1-4H3/t15-,18-,19?,22+,23+/m1/s1. The van der Waals surface area contributed by atoms with Gasteiger partial charge in [0, 0.05) is 12.5 Å². The molecule has 0 spiro atoms. The number of hydrogen-bond acceptors (Lipinski definition) is 5. The number of esters is 1. The molecule has 3 rings (SSSR count). The second-order valence-corrected chi connectivity index (χ2v) is 9.65.